The Morgan fingerprint density at radius 1 is 1.28 bits per heavy atom. The number of carbonyl (C=O) groups excluding carboxylic acids is 1. The Bertz CT molecular complexity index is 1150. The Morgan fingerprint density at radius 3 is 2.75 bits per heavy atom. The first kappa shape index (κ1) is 22.2. The maximum atomic E-state index is 12.8. The third kappa shape index (κ3) is 4.06. The van der Waals surface area contributed by atoms with Gasteiger partial charge in [-0.2, -0.15) is 0 Å². The second kappa shape index (κ2) is 8.15. The van der Waals surface area contributed by atoms with Gasteiger partial charge in [-0.3, -0.25) is 9.59 Å². The van der Waals surface area contributed by atoms with Crippen molar-refractivity contribution in [2.45, 2.75) is 59.0 Å². The molecule has 172 valence electrons. The van der Waals surface area contributed by atoms with Crippen molar-refractivity contribution in [2.24, 2.45) is 5.92 Å². The first-order chi connectivity index (χ1) is 15.1. The second-order valence-electron chi connectivity index (χ2n) is 9.36. The van der Waals surface area contributed by atoms with E-state index < -0.39 is 17.5 Å². The van der Waals surface area contributed by atoms with E-state index >= 15 is 0 Å². The quantitative estimate of drug-likeness (QED) is 0.723. The molecule has 1 aromatic carbocycles. The standard InChI is InChI=1S/C24H29NO7/c1-13-14(2)23(29)31-21-16-7-8-24(3,4)32-17(16)10-18(20(13)21)30-12-19(26)25-9-5-6-15(11-25)22(27)28/h10,15H,5-9,11-12H2,1-4H3,(H,27,28). The van der Waals surface area contributed by atoms with E-state index in [0.29, 0.717) is 53.8 Å². The minimum Gasteiger partial charge on any atom is -0.487 e. The SMILES string of the molecule is Cc1c(C)c2c(OCC(=O)N3CCCC(C(=O)O)C3)cc3c(c2oc1=O)CCC(C)(C)O3. The number of carboxylic acids is 1. The molecule has 8 heteroatoms. The van der Waals surface area contributed by atoms with Gasteiger partial charge in [-0.05, 0) is 58.9 Å². The van der Waals surface area contributed by atoms with E-state index in [1.54, 1.807) is 17.9 Å². The Hall–Kier alpha value is -3.03. The van der Waals surface area contributed by atoms with E-state index in [0.717, 1.165) is 17.5 Å². The number of hydrogen-bond acceptors (Lipinski definition) is 6. The van der Waals surface area contributed by atoms with E-state index in [-0.39, 0.29) is 24.7 Å². The van der Waals surface area contributed by atoms with Gasteiger partial charge in [0.05, 0.1) is 11.3 Å². The fraction of sp³-hybridized carbons (Fsp3) is 0.542. The minimum atomic E-state index is -0.884. The normalized spacial score (nSPS) is 19.9. The van der Waals surface area contributed by atoms with Crippen molar-refractivity contribution in [2.75, 3.05) is 19.7 Å². The smallest absolute Gasteiger partial charge is 0.339 e. The third-order valence-corrected chi connectivity index (χ3v) is 6.58. The molecule has 1 fully saturated rings. The zero-order valence-electron chi connectivity index (χ0n) is 18.9. The molecule has 32 heavy (non-hydrogen) atoms. The molecule has 1 unspecified atom stereocenters. The van der Waals surface area contributed by atoms with Crippen molar-refractivity contribution >= 4 is 22.8 Å². The molecule has 0 spiro atoms. The predicted octanol–water partition coefficient (Wildman–Crippen LogP) is 3.22. The van der Waals surface area contributed by atoms with Crippen LogP contribution in [0.25, 0.3) is 11.0 Å². The number of amides is 1. The molecular formula is C24H29NO7. The first-order valence-electron chi connectivity index (χ1n) is 11.0. The number of hydrogen-bond donors (Lipinski definition) is 1. The lowest BCUT2D eigenvalue weighted by molar-refractivity contribution is -0.146. The average Bonchev–Trinajstić information content (AvgIpc) is 2.74. The van der Waals surface area contributed by atoms with Crippen LogP contribution in [0, 0.1) is 19.8 Å². The lowest BCUT2D eigenvalue weighted by atomic mass is 9.92. The van der Waals surface area contributed by atoms with Crippen molar-refractivity contribution in [3.63, 3.8) is 0 Å². The number of rotatable bonds is 4. The van der Waals surface area contributed by atoms with Crippen molar-refractivity contribution in [3.8, 4) is 11.5 Å². The molecule has 1 amide bonds. The molecule has 0 radical (unpaired) electrons. The van der Waals surface area contributed by atoms with E-state index in [2.05, 4.69) is 0 Å². The number of likely N-dealkylation sites (tertiary alicyclic amines) is 1. The van der Waals surface area contributed by atoms with Crippen LogP contribution in [-0.4, -0.2) is 47.2 Å². The Labute approximate surface area is 186 Å². The topological polar surface area (TPSA) is 106 Å². The number of fused-ring (bicyclic) bond motifs is 3. The van der Waals surface area contributed by atoms with Crippen molar-refractivity contribution in [1.29, 1.82) is 0 Å². The average molecular weight is 443 g/mol. The lowest BCUT2D eigenvalue weighted by Gasteiger charge is -2.33. The highest BCUT2D eigenvalue weighted by Crippen LogP contribution is 2.43. The van der Waals surface area contributed by atoms with Crippen LogP contribution >= 0.6 is 0 Å². The monoisotopic (exact) mass is 443 g/mol. The zero-order chi connectivity index (χ0) is 23.2. The number of benzene rings is 1. The zero-order valence-corrected chi connectivity index (χ0v) is 18.9. The first-order valence-corrected chi connectivity index (χ1v) is 11.0. The van der Waals surface area contributed by atoms with Gasteiger partial charge in [-0.15, -0.1) is 0 Å². The molecule has 0 saturated carbocycles. The van der Waals surface area contributed by atoms with E-state index in [1.165, 1.54) is 0 Å². The molecule has 3 heterocycles. The molecule has 8 nitrogen and oxygen atoms in total. The number of carboxylic acid groups (broad SMARTS) is 1. The molecule has 0 bridgehead atoms. The molecule has 1 aromatic heterocycles. The summed E-state index contributed by atoms with van der Waals surface area (Å²) < 4.78 is 17.8. The summed E-state index contributed by atoms with van der Waals surface area (Å²) in [6, 6.07) is 1.77. The number of aliphatic carboxylic acids is 1. The van der Waals surface area contributed by atoms with Crippen molar-refractivity contribution < 1.29 is 28.6 Å². The van der Waals surface area contributed by atoms with Gasteiger partial charge in [0.1, 0.15) is 22.7 Å². The predicted molar refractivity (Wildman–Crippen MR) is 117 cm³/mol. The van der Waals surface area contributed by atoms with E-state index in [9.17, 15) is 19.5 Å². The summed E-state index contributed by atoms with van der Waals surface area (Å²) in [4.78, 5) is 38.0. The number of aryl methyl sites for hydroxylation is 2. The molecule has 1 atom stereocenters. The summed E-state index contributed by atoms with van der Waals surface area (Å²) >= 11 is 0. The van der Waals surface area contributed by atoms with Crippen LogP contribution in [0.5, 0.6) is 11.5 Å². The van der Waals surface area contributed by atoms with Crippen molar-refractivity contribution in [1.82, 2.24) is 4.90 Å². The summed E-state index contributed by atoms with van der Waals surface area (Å²) in [5.41, 5.74) is 1.74. The van der Waals surface area contributed by atoms with Gasteiger partial charge in [-0.1, -0.05) is 0 Å². The van der Waals surface area contributed by atoms with Crippen LogP contribution in [0.1, 0.15) is 49.8 Å². The summed E-state index contributed by atoms with van der Waals surface area (Å²) in [5.74, 6) is -0.695. The number of ether oxygens (including phenoxy) is 2. The molecule has 2 aromatic rings. The van der Waals surface area contributed by atoms with Crippen LogP contribution in [-0.2, 0) is 16.0 Å². The minimum absolute atomic E-state index is 0.187. The van der Waals surface area contributed by atoms with Crippen LogP contribution in [0.2, 0.25) is 0 Å². The summed E-state index contributed by atoms with van der Waals surface area (Å²) in [5, 5.41) is 9.94. The highest BCUT2D eigenvalue weighted by molar-refractivity contribution is 5.92. The summed E-state index contributed by atoms with van der Waals surface area (Å²) in [7, 11) is 0. The van der Waals surface area contributed by atoms with Gasteiger partial charge in [0.15, 0.2) is 6.61 Å². The summed E-state index contributed by atoms with van der Waals surface area (Å²) in [6.45, 7) is 8.00. The van der Waals surface area contributed by atoms with Gasteiger partial charge in [0, 0.05) is 30.3 Å². The highest BCUT2D eigenvalue weighted by Gasteiger charge is 2.32. The molecule has 0 aliphatic carbocycles. The van der Waals surface area contributed by atoms with E-state index in [1.807, 2.05) is 20.8 Å². The fourth-order valence-corrected chi connectivity index (χ4v) is 4.48. The van der Waals surface area contributed by atoms with Gasteiger partial charge >= 0.3 is 11.6 Å². The van der Waals surface area contributed by atoms with Gasteiger partial charge in [0.2, 0.25) is 0 Å². The second-order valence-corrected chi connectivity index (χ2v) is 9.36. The van der Waals surface area contributed by atoms with Crippen molar-refractivity contribution in [3.05, 3.63) is 33.2 Å². The molecule has 2 aliphatic rings. The molecule has 2 aliphatic heterocycles. The molecule has 4 rings (SSSR count). The highest BCUT2D eigenvalue weighted by atomic mass is 16.5. The Morgan fingerprint density at radius 2 is 2.03 bits per heavy atom. The largest absolute Gasteiger partial charge is 0.487 e. The molecule has 1 N–H and O–H groups in total. The van der Waals surface area contributed by atoms with Crippen LogP contribution in [0.4, 0.5) is 0 Å². The molecular weight excluding hydrogens is 414 g/mol. The fourth-order valence-electron chi connectivity index (χ4n) is 4.48. The van der Waals surface area contributed by atoms with Crippen LogP contribution < -0.4 is 15.1 Å². The number of piperidine rings is 1. The van der Waals surface area contributed by atoms with Crippen LogP contribution in [0.15, 0.2) is 15.3 Å². The lowest BCUT2D eigenvalue weighted by Crippen LogP contribution is -2.44. The Kier molecular flexibility index (Phi) is 5.65. The van der Waals surface area contributed by atoms with Gasteiger partial charge in [0.25, 0.3) is 5.91 Å². The Balaban J connectivity index is 1.68. The molecule has 1 saturated heterocycles. The van der Waals surface area contributed by atoms with Gasteiger partial charge < -0.3 is 23.9 Å². The van der Waals surface area contributed by atoms with E-state index in [4.69, 9.17) is 13.9 Å². The maximum absolute atomic E-state index is 12.8. The third-order valence-electron chi connectivity index (χ3n) is 6.58. The van der Waals surface area contributed by atoms with Crippen LogP contribution in [0.3, 0.4) is 0 Å². The summed E-state index contributed by atoms with van der Waals surface area (Å²) in [6.07, 6.45) is 2.70. The number of nitrogens with zero attached hydrogens (tertiary/aromatic N) is 1. The van der Waals surface area contributed by atoms with Gasteiger partial charge in [-0.25, -0.2) is 4.79 Å². The maximum Gasteiger partial charge on any atom is 0.339 e. The number of carbonyl (C=O) groups is 2.